The molecule has 0 spiro atoms. The van der Waals surface area contributed by atoms with Crippen molar-refractivity contribution < 1.29 is 21.5 Å². The number of imidazole rings is 1. The highest BCUT2D eigenvalue weighted by atomic mass is 79.9. The van der Waals surface area contributed by atoms with Crippen LogP contribution in [0.3, 0.4) is 0 Å². The molecule has 2 aromatic heterocycles. The van der Waals surface area contributed by atoms with Crippen molar-refractivity contribution in [2.24, 2.45) is 7.05 Å². The Bertz CT molecular complexity index is 892. The highest BCUT2D eigenvalue weighted by molar-refractivity contribution is 5.73. The van der Waals surface area contributed by atoms with Gasteiger partial charge in [0, 0.05) is 12.0 Å². The van der Waals surface area contributed by atoms with Gasteiger partial charge in [-0.25, -0.2) is 4.57 Å². The first kappa shape index (κ1) is 13.1. The molecule has 0 atom stereocenters. The van der Waals surface area contributed by atoms with E-state index in [1.165, 1.54) is 11.1 Å². The molecule has 4 rings (SSSR count). The van der Waals surface area contributed by atoms with Crippen LogP contribution in [0, 0.1) is 6.92 Å². The zero-order valence-electron chi connectivity index (χ0n) is 11.3. The van der Waals surface area contributed by atoms with E-state index in [2.05, 4.69) is 30.1 Å². The van der Waals surface area contributed by atoms with Crippen LogP contribution in [0.15, 0.2) is 35.4 Å². The minimum Gasteiger partial charge on any atom is -1.00 e. The van der Waals surface area contributed by atoms with Crippen molar-refractivity contribution in [1.82, 2.24) is 9.38 Å². The highest BCUT2D eigenvalue weighted by Crippen LogP contribution is 2.34. The molecule has 0 saturated carbocycles. The van der Waals surface area contributed by atoms with Gasteiger partial charge < -0.3 is 22.0 Å². The lowest BCUT2D eigenvalue weighted by molar-refractivity contribution is -0.645. The molecule has 5 heteroatoms. The number of halogens is 1. The largest absolute Gasteiger partial charge is 1.00 e. The van der Waals surface area contributed by atoms with Crippen LogP contribution < -0.4 is 27.1 Å². The standard InChI is InChI=1S/C15H13N3O.BrH/c1-9-3-4-10-8-12-13(11(10)7-9)16-14(19)15-17(2)5-6-18(12)15;/h3-7H,8H2,1-2H3;1H. The van der Waals surface area contributed by atoms with Gasteiger partial charge in [-0.2, -0.15) is 4.40 Å². The summed E-state index contributed by atoms with van der Waals surface area (Å²) in [5.74, 6) is 0. The summed E-state index contributed by atoms with van der Waals surface area (Å²) in [5, 5.41) is 0. The molecule has 102 valence electrons. The summed E-state index contributed by atoms with van der Waals surface area (Å²) in [4.78, 5) is 15.3. The Kier molecular flexibility index (Phi) is 2.83. The molecule has 1 aliphatic rings. The van der Waals surface area contributed by atoms with E-state index in [0.29, 0.717) is 5.65 Å². The molecule has 4 nitrogen and oxygen atoms in total. The van der Waals surface area contributed by atoms with Gasteiger partial charge in [0.05, 0.1) is 12.7 Å². The molecule has 1 aliphatic carbocycles. The molecule has 0 radical (unpaired) electrons. The van der Waals surface area contributed by atoms with Crippen molar-refractivity contribution in [2.75, 3.05) is 0 Å². The molecule has 1 aromatic carbocycles. The van der Waals surface area contributed by atoms with Crippen LogP contribution in [0.2, 0.25) is 0 Å². The third-order valence-electron chi connectivity index (χ3n) is 3.92. The Morgan fingerprint density at radius 3 is 2.95 bits per heavy atom. The average molecular weight is 332 g/mol. The van der Waals surface area contributed by atoms with Gasteiger partial charge in [-0.1, -0.05) is 17.7 Å². The third kappa shape index (κ3) is 1.59. The zero-order valence-corrected chi connectivity index (χ0v) is 12.9. The van der Waals surface area contributed by atoms with E-state index in [4.69, 9.17) is 0 Å². The number of fused-ring (bicyclic) bond motifs is 5. The molecule has 0 aliphatic heterocycles. The van der Waals surface area contributed by atoms with Gasteiger partial charge in [0.2, 0.25) is 0 Å². The summed E-state index contributed by atoms with van der Waals surface area (Å²) in [6.07, 6.45) is 4.74. The van der Waals surface area contributed by atoms with Crippen LogP contribution in [0.4, 0.5) is 0 Å². The number of benzene rings is 1. The van der Waals surface area contributed by atoms with Gasteiger partial charge in [-0.3, -0.25) is 4.79 Å². The van der Waals surface area contributed by atoms with Crippen molar-refractivity contribution >= 4 is 5.65 Å². The summed E-state index contributed by atoms with van der Waals surface area (Å²) >= 11 is 0. The lowest BCUT2D eigenvalue weighted by Gasteiger charge is -2.01. The van der Waals surface area contributed by atoms with E-state index in [-0.39, 0.29) is 22.5 Å². The fourth-order valence-electron chi connectivity index (χ4n) is 2.98. The van der Waals surface area contributed by atoms with Crippen LogP contribution in [-0.4, -0.2) is 9.38 Å². The molecule has 1 N–H and O–H groups in total. The lowest BCUT2D eigenvalue weighted by atomic mass is 10.1. The Morgan fingerprint density at radius 2 is 2.15 bits per heavy atom. The van der Waals surface area contributed by atoms with Crippen LogP contribution in [-0.2, 0) is 13.5 Å². The van der Waals surface area contributed by atoms with E-state index in [9.17, 15) is 4.79 Å². The minimum atomic E-state index is -0.0411. The Hall–Kier alpha value is -1.88. The molecular weight excluding hydrogens is 318 g/mol. The number of hydrogen-bond donors (Lipinski definition) is 1. The van der Waals surface area contributed by atoms with E-state index in [1.807, 2.05) is 28.4 Å². The van der Waals surface area contributed by atoms with E-state index in [1.54, 1.807) is 0 Å². The molecule has 2 heterocycles. The molecule has 0 amide bonds. The zero-order chi connectivity index (χ0) is 13.1. The first-order valence-electron chi connectivity index (χ1n) is 6.37. The average Bonchev–Trinajstić information content (AvgIpc) is 2.92. The van der Waals surface area contributed by atoms with E-state index < -0.39 is 0 Å². The van der Waals surface area contributed by atoms with Crippen LogP contribution in [0.25, 0.3) is 16.9 Å². The summed E-state index contributed by atoms with van der Waals surface area (Å²) in [6.45, 7) is 2.07. The van der Waals surface area contributed by atoms with Crippen LogP contribution in [0.1, 0.15) is 16.8 Å². The lowest BCUT2D eigenvalue weighted by Crippen LogP contribution is -3.00. The SMILES string of the molecule is Cc1ccc2c(c1)-c1[nH]c(=O)c3n(cc[n+]3C)c1C2.[Br-]. The first-order chi connectivity index (χ1) is 9.15. The number of H-pyrrole nitrogens is 1. The van der Waals surface area contributed by atoms with E-state index in [0.717, 1.165) is 23.4 Å². The van der Waals surface area contributed by atoms with Crippen molar-refractivity contribution in [3.05, 3.63) is 57.8 Å². The summed E-state index contributed by atoms with van der Waals surface area (Å²) in [5.41, 5.74) is 6.42. The summed E-state index contributed by atoms with van der Waals surface area (Å²) < 4.78 is 3.86. The van der Waals surface area contributed by atoms with Crippen molar-refractivity contribution in [3.8, 4) is 11.3 Å². The van der Waals surface area contributed by atoms with Gasteiger partial charge in [-0.05, 0) is 18.6 Å². The number of aryl methyl sites for hydroxylation is 2. The minimum absolute atomic E-state index is 0. The van der Waals surface area contributed by atoms with Gasteiger partial charge in [0.1, 0.15) is 18.1 Å². The molecule has 0 saturated heterocycles. The smallest absolute Gasteiger partial charge is 0.353 e. The maximum Gasteiger partial charge on any atom is 0.353 e. The number of aromatic amines is 1. The second-order valence-electron chi connectivity index (χ2n) is 5.22. The highest BCUT2D eigenvalue weighted by Gasteiger charge is 2.27. The molecule has 0 fully saturated rings. The topological polar surface area (TPSA) is 41.1 Å². The Labute approximate surface area is 126 Å². The quantitative estimate of drug-likeness (QED) is 0.385. The second kappa shape index (κ2) is 4.31. The maximum atomic E-state index is 12.2. The predicted molar refractivity (Wildman–Crippen MR) is 72.2 cm³/mol. The van der Waals surface area contributed by atoms with Crippen LogP contribution in [0.5, 0.6) is 0 Å². The third-order valence-corrected chi connectivity index (χ3v) is 3.92. The first-order valence-corrected chi connectivity index (χ1v) is 6.37. The molecule has 0 bridgehead atoms. The molecule has 3 aromatic rings. The van der Waals surface area contributed by atoms with Crippen LogP contribution >= 0.6 is 0 Å². The fraction of sp³-hybridized carbons (Fsp3) is 0.200. The second-order valence-corrected chi connectivity index (χ2v) is 5.22. The maximum absolute atomic E-state index is 12.2. The fourth-order valence-corrected chi connectivity index (χ4v) is 2.98. The molecule has 0 unspecified atom stereocenters. The van der Waals surface area contributed by atoms with Crippen molar-refractivity contribution in [1.29, 1.82) is 0 Å². The number of hydrogen-bond acceptors (Lipinski definition) is 1. The normalized spacial score (nSPS) is 12.1. The monoisotopic (exact) mass is 331 g/mol. The number of nitrogens with zero attached hydrogens (tertiary/aromatic N) is 2. The number of nitrogens with one attached hydrogen (secondary N) is 1. The summed E-state index contributed by atoms with van der Waals surface area (Å²) in [6, 6.07) is 6.42. The van der Waals surface area contributed by atoms with Gasteiger partial charge in [-0.15, -0.1) is 0 Å². The summed E-state index contributed by atoms with van der Waals surface area (Å²) in [7, 11) is 1.89. The van der Waals surface area contributed by atoms with Gasteiger partial charge in [0.15, 0.2) is 0 Å². The van der Waals surface area contributed by atoms with Gasteiger partial charge >= 0.3 is 11.2 Å². The predicted octanol–water partition coefficient (Wildman–Crippen LogP) is -1.66. The number of rotatable bonds is 0. The van der Waals surface area contributed by atoms with Crippen molar-refractivity contribution in [3.63, 3.8) is 0 Å². The Balaban J connectivity index is 0.00000121. The van der Waals surface area contributed by atoms with Crippen molar-refractivity contribution in [2.45, 2.75) is 13.3 Å². The van der Waals surface area contributed by atoms with E-state index >= 15 is 0 Å². The molecular formula is C15H14BrN3O. The molecule has 20 heavy (non-hydrogen) atoms. The Morgan fingerprint density at radius 1 is 1.35 bits per heavy atom. The van der Waals surface area contributed by atoms with Gasteiger partial charge in [0.25, 0.3) is 0 Å². The number of aromatic nitrogens is 3.